The molecule has 0 spiro atoms. The zero-order chi connectivity index (χ0) is 12.7. The molecule has 0 saturated carbocycles. The van der Waals surface area contributed by atoms with Crippen LogP contribution in [0.4, 0.5) is 0 Å². The third-order valence-corrected chi connectivity index (χ3v) is 3.76. The second-order valence-electron chi connectivity index (χ2n) is 4.24. The summed E-state index contributed by atoms with van der Waals surface area (Å²) in [5.74, 6) is 2.74. The molecule has 94 valence electrons. The zero-order valence-electron chi connectivity index (χ0n) is 11.0. The van der Waals surface area contributed by atoms with Crippen LogP contribution in [-0.4, -0.2) is 25.0 Å². The van der Waals surface area contributed by atoms with Crippen molar-refractivity contribution in [2.45, 2.75) is 33.4 Å². The maximum absolute atomic E-state index is 5.41. The van der Waals surface area contributed by atoms with Crippen LogP contribution in [0.5, 0.6) is 0 Å². The van der Waals surface area contributed by atoms with Crippen LogP contribution in [0.15, 0.2) is 6.07 Å². The summed E-state index contributed by atoms with van der Waals surface area (Å²) in [6.45, 7) is 8.12. The molecule has 0 amide bonds. The SMILES string of the molecule is C#CCN(CCC)Cc1cc(CNC)sc1C. The molecule has 0 aliphatic heterocycles. The van der Waals surface area contributed by atoms with E-state index in [1.807, 2.05) is 18.4 Å². The van der Waals surface area contributed by atoms with Gasteiger partial charge < -0.3 is 5.32 Å². The lowest BCUT2D eigenvalue weighted by atomic mass is 10.2. The van der Waals surface area contributed by atoms with Crippen LogP contribution in [-0.2, 0) is 13.1 Å². The van der Waals surface area contributed by atoms with Crippen molar-refractivity contribution in [2.75, 3.05) is 20.1 Å². The first-order valence-corrected chi connectivity index (χ1v) is 6.91. The molecule has 0 aromatic carbocycles. The second-order valence-corrected chi connectivity index (χ2v) is 5.58. The molecule has 3 heteroatoms. The summed E-state index contributed by atoms with van der Waals surface area (Å²) < 4.78 is 0. The van der Waals surface area contributed by atoms with Gasteiger partial charge in [0.2, 0.25) is 0 Å². The maximum Gasteiger partial charge on any atom is 0.0601 e. The molecule has 0 bridgehead atoms. The van der Waals surface area contributed by atoms with Crippen LogP contribution >= 0.6 is 11.3 Å². The normalized spacial score (nSPS) is 10.8. The first-order valence-electron chi connectivity index (χ1n) is 6.09. The van der Waals surface area contributed by atoms with E-state index >= 15 is 0 Å². The summed E-state index contributed by atoms with van der Waals surface area (Å²) in [5.41, 5.74) is 1.42. The Hall–Kier alpha value is -0.820. The highest BCUT2D eigenvalue weighted by Crippen LogP contribution is 2.22. The molecule has 1 aromatic rings. The number of hydrogen-bond acceptors (Lipinski definition) is 3. The van der Waals surface area contributed by atoms with Gasteiger partial charge in [-0.2, -0.15) is 0 Å². The molecule has 0 aliphatic rings. The van der Waals surface area contributed by atoms with Gasteiger partial charge in [0.1, 0.15) is 0 Å². The van der Waals surface area contributed by atoms with E-state index in [0.717, 1.165) is 32.6 Å². The molecule has 17 heavy (non-hydrogen) atoms. The van der Waals surface area contributed by atoms with Gasteiger partial charge in [-0.05, 0) is 38.6 Å². The molecular weight excluding hydrogens is 228 g/mol. The minimum absolute atomic E-state index is 0.741. The van der Waals surface area contributed by atoms with E-state index in [9.17, 15) is 0 Å². The fraction of sp³-hybridized carbons (Fsp3) is 0.571. The Balaban J connectivity index is 2.68. The van der Waals surface area contributed by atoms with Crippen LogP contribution in [0.1, 0.15) is 28.7 Å². The highest BCUT2D eigenvalue weighted by molar-refractivity contribution is 7.12. The summed E-state index contributed by atoms with van der Waals surface area (Å²) in [4.78, 5) is 5.14. The molecular formula is C14H22N2S. The van der Waals surface area contributed by atoms with Crippen molar-refractivity contribution in [1.29, 1.82) is 0 Å². The topological polar surface area (TPSA) is 15.3 Å². The van der Waals surface area contributed by atoms with E-state index in [4.69, 9.17) is 6.42 Å². The minimum Gasteiger partial charge on any atom is -0.315 e. The fourth-order valence-corrected chi connectivity index (χ4v) is 2.97. The molecule has 0 atom stereocenters. The molecule has 0 radical (unpaired) electrons. The number of nitrogens with zero attached hydrogens (tertiary/aromatic N) is 1. The van der Waals surface area contributed by atoms with Gasteiger partial charge in [0, 0.05) is 22.8 Å². The number of hydrogen-bond donors (Lipinski definition) is 1. The van der Waals surface area contributed by atoms with Gasteiger partial charge in [-0.3, -0.25) is 4.90 Å². The zero-order valence-corrected chi connectivity index (χ0v) is 11.9. The first kappa shape index (κ1) is 14.2. The number of nitrogens with one attached hydrogen (secondary N) is 1. The van der Waals surface area contributed by atoms with Crippen LogP contribution in [0, 0.1) is 19.3 Å². The summed E-state index contributed by atoms with van der Waals surface area (Å²) in [6.07, 6.45) is 6.55. The average molecular weight is 250 g/mol. The van der Waals surface area contributed by atoms with Gasteiger partial charge in [-0.1, -0.05) is 12.8 Å². The van der Waals surface area contributed by atoms with Crippen molar-refractivity contribution in [3.8, 4) is 12.3 Å². The minimum atomic E-state index is 0.741. The highest BCUT2D eigenvalue weighted by atomic mass is 32.1. The Kier molecular flexibility index (Phi) is 6.28. The van der Waals surface area contributed by atoms with E-state index in [-0.39, 0.29) is 0 Å². The molecule has 1 N–H and O–H groups in total. The van der Waals surface area contributed by atoms with Gasteiger partial charge in [0.05, 0.1) is 6.54 Å². The van der Waals surface area contributed by atoms with Gasteiger partial charge in [0.15, 0.2) is 0 Å². The van der Waals surface area contributed by atoms with Gasteiger partial charge in [-0.15, -0.1) is 17.8 Å². The Bertz CT molecular complexity index is 376. The van der Waals surface area contributed by atoms with Crippen LogP contribution in [0.2, 0.25) is 0 Å². The fourth-order valence-electron chi connectivity index (χ4n) is 1.91. The van der Waals surface area contributed by atoms with Crippen molar-refractivity contribution in [2.24, 2.45) is 0 Å². The Morgan fingerprint density at radius 2 is 2.29 bits per heavy atom. The quantitative estimate of drug-likeness (QED) is 0.748. The molecule has 2 nitrogen and oxygen atoms in total. The van der Waals surface area contributed by atoms with E-state index in [2.05, 4.69) is 36.1 Å². The number of thiophene rings is 1. The molecule has 0 saturated heterocycles. The summed E-state index contributed by atoms with van der Waals surface area (Å²) >= 11 is 1.88. The Morgan fingerprint density at radius 3 is 2.88 bits per heavy atom. The van der Waals surface area contributed by atoms with Gasteiger partial charge in [0.25, 0.3) is 0 Å². The van der Waals surface area contributed by atoms with E-state index in [1.54, 1.807) is 0 Å². The van der Waals surface area contributed by atoms with Crippen LogP contribution in [0.3, 0.4) is 0 Å². The standard InChI is InChI=1S/C14H22N2S/c1-5-7-16(8-6-2)11-13-9-14(10-15-4)17-12(13)3/h1,9,15H,6-8,10-11H2,2-4H3. The molecule has 0 unspecified atom stereocenters. The molecule has 0 fully saturated rings. The lowest BCUT2D eigenvalue weighted by molar-refractivity contribution is 0.299. The van der Waals surface area contributed by atoms with Crippen LogP contribution < -0.4 is 5.32 Å². The van der Waals surface area contributed by atoms with Crippen molar-refractivity contribution >= 4 is 11.3 Å². The van der Waals surface area contributed by atoms with Crippen LogP contribution in [0.25, 0.3) is 0 Å². The highest BCUT2D eigenvalue weighted by Gasteiger charge is 2.09. The molecule has 0 aliphatic carbocycles. The predicted molar refractivity (Wildman–Crippen MR) is 76.2 cm³/mol. The second kappa shape index (κ2) is 7.50. The Labute approximate surface area is 109 Å². The van der Waals surface area contributed by atoms with Gasteiger partial charge in [-0.25, -0.2) is 0 Å². The predicted octanol–water partition coefficient (Wildman–Crippen LogP) is 2.62. The smallest absolute Gasteiger partial charge is 0.0601 e. The third kappa shape index (κ3) is 4.51. The Morgan fingerprint density at radius 1 is 1.53 bits per heavy atom. The third-order valence-electron chi connectivity index (χ3n) is 2.67. The van der Waals surface area contributed by atoms with Crippen molar-refractivity contribution in [3.63, 3.8) is 0 Å². The number of terminal acetylenes is 1. The number of rotatable bonds is 7. The average Bonchev–Trinajstić information content (AvgIpc) is 2.60. The van der Waals surface area contributed by atoms with Crippen molar-refractivity contribution in [1.82, 2.24) is 10.2 Å². The van der Waals surface area contributed by atoms with E-state index in [0.29, 0.717) is 0 Å². The van der Waals surface area contributed by atoms with E-state index in [1.165, 1.54) is 15.3 Å². The first-order chi connectivity index (χ1) is 8.21. The van der Waals surface area contributed by atoms with Gasteiger partial charge >= 0.3 is 0 Å². The maximum atomic E-state index is 5.41. The summed E-state index contributed by atoms with van der Waals surface area (Å²) in [6, 6.07) is 2.30. The molecule has 1 heterocycles. The lowest BCUT2D eigenvalue weighted by Crippen LogP contribution is -2.24. The molecule has 1 aromatic heterocycles. The van der Waals surface area contributed by atoms with Crippen molar-refractivity contribution < 1.29 is 0 Å². The lowest BCUT2D eigenvalue weighted by Gasteiger charge is -2.18. The summed E-state index contributed by atoms with van der Waals surface area (Å²) in [7, 11) is 1.98. The largest absolute Gasteiger partial charge is 0.315 e. The van der Waals surface area contributed by atoms with E-state index < -0.39 is 0 Å². The van der Waals surface area contributed by atoms with Crippen molar-refractivity contribution in [3.05, 3.63) is 21.4 Å². The molecule has 1 rings (SSSR count). The summed E-state index contributed by atoms with van der Waals surface area (Å²) in [5, 5.41) is 3.19. The number of aryl methyl sites for hydroxylation is 1. The monoisotopic (exact) mass is 250 g/mol.